The maximum atomic E-state index is 12.0. The van der Waals surface area contributed by atoms with E-state index in [-0.39, 0.29) is 9.13 Å². The molecule has 17 heavy (non-hydrogen) atoms. The lowest BCUT2D eigenvalue weighted by atomic mass is 10.3. The molecule has 0 bridgehead atoms. The predicted octanol–water partition coefficient (Wildman–Crippen LogP) is 1.99. The average Bonchev–Trinajstić information content (AvgIpc) is 2.18. The van der Waals surface area contributed by atoms with Gasteiger partial charge in [0.15, 0.2) is 0 Å². The number of nitro groups is 1. The van der Waals surface area contributed by atoms with E-state index in [9.17, 15) is 23.3 Å². The summed E-state index contributed by atoms with van der Waals surface area (Å²) in [5.41, 5.74) is -0.186. The lowest BCUT2D eigenvalue weighted by Crippen LogP contribution is -2.19. The predicted molar refractivity (Wildman–Crippen MR) is 56.2 cm³/mol. The van der Waals surface area contributed by atoms with Gasteiger partial charge in [-0.15, -0.1) is 13.2 Å². The Kier molecular flexibility index (Phi) is 4.08. The summed E-state index contributed by atoms with van der Waals surface area (Å²) in [6.45, 7) is -0.703. The molecule has 1 heterocycles. The van der Waals surface area contributed by atoms with E-state index in [2.05, 4.69) is 9.72 Å². The SMILES string of the molecule is O=[N+]([O-])c1nc(OC(F)(F)F)c(I)cc1CO. The third kappa shape index (κ3) is 3.66. The number of hydrogen-bond acceptors (Lipinski definition) is 5. The summed E-state index contributed by atoms with van der Waals surface area (Å²) in [6.07, 6.45) is -4.98. The maximum absolute atomic E-state index is 12.0. The fourth-order valence-electron chi connectivity index (χ4n) is 0.956. The third-order valence-electron chi connectivity index (χ3n) is 1.56. The quantitative estimate of drug-likeness (QED) is 0.504. The van der Waals surface area contributed by atoms with Crippen molar-refractivity contribution in [2.75, 3.05) is 0 Å². The molecule has 0 amide bonds. The van der Waals surface area contributed by atoms with Crippen LogP contribution in [-0.4, -0.2) is 21.4 Å². The van der Waals surface area contributed by atoms with Gasteiger partial charge in [0, 0.05) is 4.98 Å². The van der Waals surface area contributed by atoms with Crippen molar-refractivity contribution in [3.05, 3.63) is 25.3 Å². The van der Waals surface area contributed by atoms with Crippen molar-refractivity contribution < 1.29 is 27.9 Å². The minimum absolute atomic E-state index is 0.0884. The molecule has 0 saturated carbocycles. The van der Waals surface area contributed by atoms with Crippen LogP contribution in [-0.2, 0) is 6.61 Å². The van der Waals surface area contributed by atoms with Crippen LogP contribution >= 0.6 is 22.6 Å². The van der Waals surface area contributed by atoms with E-state index in [1.165, 1.54) is 22.6 Å². The highest BCUT2D eigenvalue weighted by atomic mass is 127. The zero-order chi connectivity index (χ0) is 13.2. The first-order chi connectivity index (χ1) is 7.74. The van der Waals surface area contributed by atoms with Gasteiger partial charge in [0.1, 0.15) is 3.57 Å². The monoisotopic (exact) mass is 364 g/mol. The second-order valence-corrected chi connectivity index (χ2v) is 3.88. The van der Waals surface area contributed by atoms with Crippen LogP contribution in [0.2, 0.25) is 0 Å². The van der Waals surface area contributed by atoms with E-state index < -0.39 is 29.6 Å². The van der Waals surface area contributed by atoms with Crippen LogP contribution < -0.4 is 4.74 Å². The van der Waals surface area contributed by atoms with Crippen molar-refractivity contribution >= 4 is 28.4 Å². The lowest BCUT2D eigenvalue weighted by Gasteiger charge is -2.07. The van der Waals surface area contributed by atoms with Gasteiger partial charge in [-0.3, -0.25) is 0 Å². The standard InChI is InChI=1S/C7H4F3IN2O4/c8-7(9,10)17-6-4(11)1-3(2-14)5(12-6)13(15)16/h1,14H,2H2. The molecule has 0 aromatic carbocycles. The molecule has 6 nitrogen and oxygen atoms in total. The Morgan fingerprint density at radius 3 is 2.59 bits per heavy atom. The average molecular weight is 364 g/mol. The van der Waals surface area contributed by atoms with Crippen molar-refractivity contribution in [2.24, 2.45) is 0 Å². The van der Waals surface area contributed by atoms with E-state index in [0.717, 1.165) is 6.07 Å². The molecule has 0 unspecified atom stereocenters. The first kappa shape index (κ1) is 13.9. The van der Waals surface area contributed by atoms with Gasteiger partial charge >= 0.3 is 18.1 Å². The molecule has 1 aromatic rings. The Labute approximate surface area is 106 Å². The van der Waals surface area contributed by atoms with Crippen molar-refractivity contribution in [2.45, 2.75) is 13.0 Å². The summed E-state index contributed by atoms with van der Waals surface area (Å²) in [6, 6.07) is 1.01. The number of rotatable bonds is 3. The summed E-state index contributed by atoms with van der Waals surface area (Å²) in [7, 11) is 0. The number of hydrogen-bond donors (Lipinski definition) is 1. The topological polar surface area (TPSA) is 85.5 Å². The van der Waals surface area contributed by atoms with Gasteiger partial charge in [0.05, 0.1) is 12.2 Å². The maximum Gasteiger partial charge on any atom is 0.575 e. The molecule has 0 aliphatic carbocycles. The highest BCUT2D eigenvalue weighted by molar-refractivity contribution is 14.1. The van der Waals surface area contributed by atoms with E-state index in [1.807, 2.05) is 0 Å². The number of alkyl halides is 3. The van der Waals surface area contributed by atoms with Gasteiger partial charge in [-0.2, -0.15) is 0 Å². The van der Waals surface area contributed by atoms with Gasteiger partial charge in [0.25, 0.3) is 0 Å². The van der Waals surface area contributed by atoms with Crippen molar-refractivity contribution in [3.8, 4) is 5.88 Å². The van der Waals surface area contributed by atoms with Gasteiger partial charge in [-0.05, 0) is 33.6 Å². The number of aromatic nitrogens is 1. The van der Waals surface area contributed by atoms with Crippen LogP contribution in [0.3, 0.4) is 0 Å². The van der Waals surface area contributed by atoms with Gasteiger partial charge in [-0.1, -0.05) is 0 Å². The normalized spacial score (nSPS) is 11.4. The fraction of sp³-hybridized carbons (Fsp3) is 0.286. The van der Waals surface area contributed by atoms with Gasteiger partial charge in [-0.25, -0.2) is 0 Å². The number of aliphatic hydroxyl groups excluding tert-OH is 1. The van der Waals surface area contributed by atoms with Gasteiger partial charge < -0.3 is 20.0 Å². The van der Waals surface area contributed by atoms with Crippen LogP contribution in [0.25, 0.3) is 0 Å². The van der Waals surface area contributed by atoms with Crippen molar-refractivity contribution in [3.63, 3.8) is 0 Å². The number of aliphatic hydroxyl groups is 1. The molecule has 0 fully saturated rings. The highest BCUT2D eigenvalue weighted by Gasteiger charge is 2.36. The first-order valence-electron chi connectivity index (χ1n) is 3.95. The molecule has 0 aliphatic heterocycles. The second-order valence-electron chi connectivity index (χ2n) is 2.72. The molecule has 0 spiro atoms. The van der Waals surface area contributed by atoms with E-state index in [1.54, 1.807) is 0 Å². The van der Waals surface area contributed by atoms with Crippen LogP contribution in [0.4, 0.5) is 19.0 Å². The second kappa shape index (κ2) is 5.00. The molecule has 1 rings (SSSR count). The molecule has 0 radical (unpaired) electrons. The Bertz CT molecular complexity index is 451. The minimum atomic E-state index is -4.98. The molecule has 0 atom stereocenters. The molecule has 1 aromatic heterocycles. The zero-order valence-corrected chi connectivity index (χ0v) is 10.0. The zero-order valence-electron chi connectivity index (χ0n) is 7.86. The summed E-state index contributed by atoms with van der Waals surface area (Å²) in [5.74, 6) is -1.78. The highest BCUT2D eigenvalue weighted by Crippen LogP contribution is 2.30. The van der Waals surface area contributed by atoms with Crippen molar-refractivity contribution in [1.82, 2.24) is 4.98 Å². The summed E-state index contributed by atoms with van der Waals surface area (Å²) >= 11 is 1.47. The van der Waals surface area contributed by atoms with Crippen molar-refractivity contribution in [1.29, 1.82) is 0 Å². The lowest BCUT2D eigenvalue weighted by molar-refractivity contribution is -0.391. The molecule has 10 heteroatoms. The molecular weight excluding hydrogens is 360 g/mol. The first-order valence-corrected chi connectivity index (χ1v) is 5.03. The van der Waals surface area contributed by atoms with E-state index in [0.29, 0.717) is 0 Å². The Hall–Kier alpha value is -1.17. The van der Waals surface area contributed by atoms with E-state index in [4.69, 9.17) is 5.11 Å². The number of ether oxygens (including phenoxy) is 1. The fourth-order valence-corrected chi connectivity index (χ4v) is 1.56. The number of halogens is 4. The minimum Gasteiger partial charge on any atom is -0.391 e. The van der Waals surface area contributed by atoms with Gasteiger partial charge in [0.2, 0.25) is 0 Å². The third-order valence-corrected chi connectivity index (χ3v) is 2.33. The summed E-state index contributed by atoms with van der Waals surface area (Å²) < 4.78 is 39.3. The van der Waals surface area contributed by atoms with Crippen LogP contribution in [0.5, 0.6) is 5.88 Å². The smallest absolute Gasteiger partial charge is 0.391 e. The summed E-state index contributed by atoms with van der Waals surface area (Å²) in [4.78, 5) is 12.6. The number of nitrogens with zero attached hydrogens (tertiary/aromatic N) is 2. The molecule has 0 saturated heterocycles. The van der Waals surface area contributed by atoms with E-state index >= 15 is 0 Å². The molecule has 1 N–H and O–H groups in total. The largest absolute Gasteiger partial charge is 0.575 e. The van der Waals surface area contributed by atoms with Crippen LogP contribution in [0.1, 0.15) is 5.56 Å². The molecule has 94 valence electrons. The van der Waals surface area contributed by atoms with Crippen LogP contribution in [0, 0.1) is 13.7 Å². The number of pyridine rings is 1. The Balaban J connectivity index is 3.25. The Morgan fingerprint density at radius 2 is 2.18 bits per heavy atom. The van der Waals surface area contributed by atoms with Crippen LogP contribution in [0.15, 0.2) is 6.07 Å². The molecular formula is C7H4F3IN2O4. The summed E-state index contributed by atoms with van der Waals surface area (Å²) in [5, 5.41) is 19.3. The Morgan fingerprint density at radius 1 is 1.59 bits per heavy atom. The molecule has 0 aliphatic rings.